The Labute approximate surface area is 230 Å². The second-order valence-electron chi connectivity index (χ2n) is 10.5. The first-order chi connectivity index (χ1) is 19.5. The summed E-state index contributed by atoms with van der Waals surface area (Å²) in [5, 5.41) is 25.1. The normalized spacial score (nSPS) is 20.3. The zero-order valence-corrected chi connectivity index (χ0v) is 21.1. The summed E-state index contributed by atoms with van der Waals surface area (Å²) in [6.45, 7) is -3.22. The molecule has 2 unspecified atom stereocenters. The summed E-state index contributed by atoms with van der Waals surface area (Å²) in [7, 11) is 5.58. The minimum absolute atomic E-state index is 0.0220. The fourth-order valence-corrected chi connectivity index (χ4v) is 6.21. The summed E-state index contributed by atoms with van der Waals surface area (Å²) in [5.74, 6) is -6.64. The van der Waals surface area contributed by atoms with Crippen LogP contribution < -0.4 is 4.74 Å². The molecular formula is C27H20BF4N5O4. The van der Waals surface area contributed by atoms with Gasteiger partial charge in [-0.2, -0.15) is 13.9 Å². The molecule has 3 aliphatic rings. The highest BCUT2D eigenvalue weighted by atomic mass is 19.3. The lowest BCUT2D eigenvalue weighted by Gasteiger charge is -2.37. The highest BCUT2D eigenvalue weighted by molar-refractivity contribution is 6.15. The maximum atomic E-state index is 15.3. The van der Waals surface area contributed by atoms with Gasteiger partial charge in [-0.15, -0.1) is 0 Å². The third kappa shape index (κ3) is 3.91. The van der Waals surface area contributed by atoms with Gasteiger partial charge in [-0.3, -0.25) is 14.7 Å². The molecule has 7 rings (SSSR count). The Kier molecular flexibility index (Phi) is 5.67. The van der Waals surface area contributed by atoms with Gasteiger partial charge < -0.3 is 14.9 Å². The zero-order chi connectivity index (χ0) is 28.8. The van der Waals surface area contributed by atoms with Crippen LogP contribution >= 0.6 is 0 Å². The van der Waals surface area contributed by atoms with Crippen LogP contribution in [0.1, 0.15) is 76.4 Å². The van der Waals surface area contributed by atoms with Gasteiger partial charge in [0.25, 0.3) is 5.91 Å². The molecule has 0 saturated heterocycles. The van der Waals surface area contributed by atoms with Crippen LogP contribution in [-0.2, 0) is 0 Å². The highest BCUT2D eigenvalue weighted by Gasteiger charge is 2.51. The van der Waals surface area contributed by atoms with Crippen LogP contribution in [0.25, 0.3) is 16.9 Å². The number of aromatic nitrogens is 4. The maximum Gasteiger partial charge on any atom is 0.387 e. The van der Waals surface area contributed by atoms with Crippen LogP contribution in [-0.4, -0.2) is 60.9 Å². The Morgan fingerprint density at radius 2 is 1.90 bits per heavy atom. The van der Waals surface area contributed by atoms with Crippen molar-refractivity contribution in [2.75, 3.05) is 0 Å². The minimum atomic E-state index is -3.22. The van der Waals surface area contributed by atoms with Crippen molar-refractivity contribution in [3.05, 3.63) is 76.4 Å². The predicted octanol–water partition coefficient (Wildman–Crippen LogP) is 3.74. The second kappa shape index (κ2) is 8.98. The molecule has 14 heteroatoms. The van der Waals surface area contributed by atoms with E-state index in [2.05, 4.69) is 15.1 Å². The molecule has 4 heterocycles. The van der Waals surface area contributed by atoms with E-state index < -0.39 is 41.9 Å². The fraction of sp³-hybridized carbons (Fsp3) is 0.333. The number of carbonyl (C=O) groups is 1. The van der Waals surface area contributed by atoms with E-state index in [1.807, 2.05) is 0 Å². The van der Waals surface area contributed by atoms with Gasteiger partial charge in [-0.25, -0.2) is 18.3 Å². The SMILES string of the molecule is [B]C(O)(O)N1C(=O)c2cccc(OC(F)F)c2C2CC1c1nn3cc(F)c(-c4cnc(C5CCC5)c(F)c4)nc3c12. The first-order valence-electron chi connectivity index (χ1n) is 12.9. The number of pyridine rings is 1. The van der Waals surface area contributed by atoms with Gasteiger partial charge in [-0.05, 0) is 37.5 Å². The smallest absolute Gasteiger partial charge is 0.387 e. The van der Waals surface area contributed by atoms with E-state index in [0.717, 1.165) is 30.0 Å². The molecule has 2 atom stereocenters. The van der Waals surface area contributed by atoms with Crippen molar-refractivity contribution in [3.8, 4) is 17.0 Å². The number of alkyl halides is 2. The molecule has 41 heavy (non-hydrogen) atoms. The molecule has 4 aromatic rings. The number of halogens is 4. The zero-order valence-electron chi connectivity index (χ0n) is 21.1. The van der Waals surface area contributed by atoms with E-state index in [4.69, 9.17) is 12.6 Å². The first kappa shape index (κ1) is 25.9. The number of aliphatic hydroxyl groups is 2. The molecule has 1 aliphatic heterocycles. The number of nitrogens with zero attached hydrogens (tertiary/aromatic N) is 5. The monoisotopic (exact) mass is 565 g/mol. The van der Waals surface area contributed by atoms with Gasteiger partial charge in [0.15, 0.2) is 25.1 Å². The number of hydrogen-bond donors (Lipinski definition) is 2. The maximum absolute atomic E-state index is 15.3. The van der Waals surface area contributed by atoms with Crippen LogP contribution in [0.4, 0.5) is 17.6 Å². The highest BCUT2D eigenvalue weighted by Crippen LogP contribution is 2.54. The van der Waals surface area contributed by atoms with Crippen molar-refractivity contribution < 1.29 is 37.3 Å². The lowest BCUT2D eigenvalue weighted by atomic mass is 9.82. The standard InChI is InChI=1S/C27H20BF4N5O4/c28-27(39,40)37-17-8-14(19-13(25(37)38)5-2-6-18(19)41-26(31)32)20-23(17)35-36-10-16(30)22(34-24(20)36)12-7-15(29)21(33-9-12)11-3-1-4-11/h2,5-7,9-11,14,17,26,39-40H,1,3-4,8H2. The average molecular weight is 565 g/mol. The topological polar surface area (TPSA) is 113 Å². The summed E-state index contributed by atoms with van der Waals surface area (Å²) in [6.07, 6.45) is 4.98. The van der Waals surface area contributed by atoms with E-state index >= 15 is 4.39 Å². The summed E-state index contributed by atoms with van der Waals surface area (Å²) in [5.41, 5.74) is 0.641. The molecule has 3 aromatic heterocycles. The van der Waals surface area contributed by atoms with E-state index in [1.165, 1.54) is 30.5 Å². The predicted molar refractivity (Wildman–Crippen MR) is 134 cm³/mol. The van der Waals surface area contributed by atoms with Crippen LogP contribution in [0, 0.1) is 11.6 Å². The van der Waals surface area contributed by atoms with Gasteiger partial charge in [0.1, 0.15) is 17.3 Å². The van der Waals surface area contributed by atoms with Crippen molar-refractivity contribution in [2.24, 2.45) is 0 Å². The van der Waals surface area contributed by atoms with Gasteiger partial charge in [-0.1, -0.05) is 12.5 Å². The Morgan fingerprint density at radius 3 is 2.56 bits per heavy atom. The third-order valence-electron chi connectivity index (χ3n) is 8.13. The van der Waals surface area contributed by atoms with Crippen molar-refractivity contribution >= 4 is 19.4 Å². The van der Waals surface area contributed by atoms with E-state index in [9.17, 15) is 28.2 Å². The number of benzene rings is 1. The number of hydrogen-bond acceptors (Lipinski definition) is 7. The molecule has 1 fully saturated rings. The Bertz CT molecular complexity index is 1740. The van der Waals surface area contributed by atoms with Crippen LogP contribution in [0.5, 0.6) is 5.75 Å². The summed E-state index contributed by atoms with van der Waals surface area (Å²) < 4.78 is 62.9. The number of fused-ring (bicyclic) bond motifs is 9. The van der Waals surface area contributed by atoms with Crippen LogP contribution in [0.2, 0.25) is 0 Å². The van der Waals surface area contributed by atoms with Crippen molar-refractivity contribution in [3.63, 3.8) is 0 Å². The van der Waals surface area contributed by atoms with Gasteiger partial charge in [0.2, 0.25) is 0 Å². The number of ether oxygens (including phenoxy) is 1. The Balaban J connectivity index is 1.44. The van der Waals surface area contributed by atoms with Crippen LogP contribution in [0.3, 0.4) is 0 Å². The molecule has 9 nitrogen and oxygen atoms in total. The molecule has 1 saturated carbocycles. The molecule has 2 bridgehead atoms. The number of carbonyl (C=O) groups excluding carboxylic acids is 1. The second-order valence-corrected chi connectivity index (χ2v) is 10.5. The molecule has 208 valence electrons. The quantitative estimate of drug-likeness (QED) is 0.216. The first-order valence-corrected chi connectivity index (χ1v) is 12.9. The Morgan fingerprint density at radius 1 is 1.12 bits per heavy atom. The van der Waals surface area contributed by atoms with Crippen molar-refractivity contribution in [2.45, 2.75) is 56.0 Å². The van der Waals surface area contributed by atoms with Gasteiger partial charge in [0.05, 0.1) is 23.6 Å². The molecule has 1 aromatic carbocycles. The molecular weight excluding hydrogens is 545 g/mol. The average Bonchev–Trinajstić information content (AvgIpc) is 3.35. The van der Waals surface area contributed by atoms with E-state index in [1.54, 1.807) is 0 Å². The molecule has 0 spiro atoms. The van der Waals surface area contributed by atoms with Gasteiger partial charge in [0, 0.05) is 40.3 Å². The van der Waals surface area contributed by atoms with E-state index in [-0.39, 0.29) is 51.8 Å². The molecule has 2 radical (unpaired) electrons. The largest absolute Gasteiger partial charge is 0.434 e. The lowest BCUT2D eigenvalue weighted by Crippen LogP contribution is -2.53. The number of amides is 1. The fourth-order valence-electron chi connectivity index (χ4n) is 6.21. The molecule has 2 N–H and O–H groups in total. The van der Waals surface area contributed by atoms with Crippen molar-refractivity contribution in [1.29, 1.82) is 0 Å². The summed E-state index contributed by atoms with van der Waals surface area (Å²) in [4.78, 5) is 22.8. The molecule has 2 aliphatic carbocycles. The summed E-state index contributed by atoms with van der Waals surface area (Å²) in [6, 6.07) is 3.95. The van der Waals surface area contributed by atoms with Gasteiger partial charge >= 0.3 is 6.61 Å². The third-order valence-corrected chi connectivity index (χ3v) is 8.13. The number of rotatable bonds is 5. The molecule has 1 amide bonds. The van der Waals surface area contributed by atoms with Crippen LogP contribution in [0.15, 0.2) is 36.7 Å². The summed E-state index contributed by atoms with van der Waals surface area (Å²) >= 11 is 0. The van der Waals surface area contributed by atoms with Crippen molar-refractivity contribution in [1.82, 2.24) is 24.5 Å². The Hall–Kier alpha value is -4.04. The minimum Gasteiger partial charge on any atom is -0.434 e. The lowest BCUT2D eigenvalue weighted by molar-refractivity contribution is -0.190. The van der Waals surface area contributed by atoms with E-state index in [0.29, 0.717) is 16.2 Å².